The van der Waals surface area contributed by atoms with Gasteiger partial charge in [-0.05, 0) is 30.2 Å². The lowest BCUT2D eigenvalue weighted by molar-refractivity contribution is 0.0370. The minimum Gasteiger partial charge on any atom is -0.378 e. The summed E-state index contributed by atoms with van der Waals surface area (Å²) in [6.07, 6.45) is -0.569. The zero-order valence-corrected chi connectivity index (χ0v) is 15.8. The molecular weight excluding hydrogens is 361 g/mol. The van der Waals surface area contributed by atoms with Gasteiger partial charge in [0, 0.05) is 26.2 Å². The highest BCUT2D eigenvalue weighted by atomic mass is 32.2. The summed E-state index contributed by atoms with van der Waals surface area (Å²) >= 11 is 0. The molecule has 0 radical (unpaired) electrons. The standard InChI is InChI=1S/C17H24FN3O4S/c1-13(2)16-20(17(22)19-9-11-25-12-10-19)7-8-21(16)26(23,24)15-5-3-14(18)4-6-15/h3-6,13,16H,7-12H2,1-2H3/t16-/m0/s1. The minimum absolute atomic E-state index is 0.0326. The van der Waals surface area contributed by atoms with E-state index in [0.717, 1.165) is 12.1 Å². The van der Waals surface area contributed by atoms with Gasteiger partial charge in [0.15, 0.2) is 0 Å². The second-order valence-electron chi connectivity index (χ2n) is 6.80. The molecule has 0 N–H and O–H groups in total. The molecule has 26 heavy (non-hydrogen) atoms. The molecule has 7 nitrogen and oxygen atoms in total. The number of rotatable bonds is 3. The molecular formula is C17H24FN3O4S. The molecule has 0 aromatic heterocycles. The molecule has 0 saturated carbocycles. The molecule has 9 heteroatoms. The minimum atomic E-state index is -3.82. The number of carbonyl (C=O) groups is 1. The Labute approximate surface area is 153 Å². The number of ether oxygens (including phenoxy) is 1. The lowest BCUT2D eigenvalue weighted by Gasteiger charge is -2.37. The third kappa shape index (κ3) is 3.56. The van der Waals surface area contributed by atoms with Crippen LogP contribution in [0.15, 0.2) is 29.2 Å². The smallest absolute Gasteiger partial charge is 0.321 e. The molecule has 2 saturated heterocycles. The van der Waals surface area contributed by atoms with Gasteiger partial charge in [-0.15, -0.1) is 0 Å². The number of hydrogen-bond donors (Lipinski definition) is 0. The van der Waals surface area contributed by atoms with Crippen molar-refractivity contribution in [3.05, 3.63) is 30.1 Å². The molecule has 1 aromatic rings. The van der Waals surface area contributed by atoms with Gasteiger partial charge in [-0.3, -0.25) is 0 Å². The predicted octanol–water partition coefficient (Wildman–Crippen LogP) is 1.57. The molecule has 0 spiro atoms. The number of urea groups is 1. The van der Waals surface area contributed by atoms with E-state index in [1.165, 1.54) is 16.4 Å². The lowest BCUT2D eigenvalue weighted by atomic mass is 10.1. The summed E-state index contributed by atoms with van der Waals surface area (Å²) in [6, 6.07) is 4.61. The zero-order chi connectivity index (χ0) is 18.9. The summed E-state index contributed by atoms with van der Waals surface area (Å²) in [5.74, 6) is -0.576. The van der Waals surface area contributed by atoms with Crippen molar-refractivity contribution in [1.29, 1.82) is 0 Å². The van der Waals surface area contributed by atoms with Crippen molar-refractivity contribution in [2.45, 2.75) is 24.9 Å². The van der Waals surface area contributed by atoms with Crippen LogP contribution in [0.5, 0.6) is 0 Å². The monoisotopic (exact) mass is 385 g/mol. The average molecular weight is 385 g/mol. The normalized spacial score (nSPS) is 22.2. The Bertz CT molecular complexity index is 748. The van der Waals surface area contributed by atoms with Crippen LogP contribution in [0.3, 0.4) is 0 Å². The van der Waals surface area contributed by atoms with E-state index in [4.69, 9.17) is 4.74 Å². The third-order valence-corrected chi connectivity index (χ3v) is 6.60. The summed E-state index contributed by atoms with van der Waals surface area (Å²) in [5.41, 5.74) is 0. The first kappa shape index (κ1) is 19.1. The van der Waals surface area contributed by atoms with Crippen LogP contribution in [0.1, 0.15) is 13.8 Å². The second kappa shape index (κ2) is 7.50. The highest BCUT2D eigenvalue weighted by molar-refractivity contribution is 7.89. The molecule has 2 aliphatic heterocycles. The van der Waals surface area contributed by atoms with Crippen molar-refractivity contribution >= 4 is 16.1 Å². The zero-order valence-electron chi connectivity index (χ0n) is 15.0. The Balaban J connectivity index is 1.86. The van der Waals surface area contributed by atoms with E-state index in [1.807, 2.05) is 13.8 Å². The highest BCUT2D eigenvalue weighted by Crippen LogP contribution is 2.29. The number of hydrogen-bond acceptors (Lipinski definition) is 4. The maximum atomic E-state index is 13.2. The van der Waals surface area contributed by atoms with Crippen LogP contribution in [0.2, 0.25) is 0 Å². The first-order valence-electron chi connectivity index (χ1n) is 8.73. The van der Waals surface area contributed by atoms with Crippen molar-refractivity contribution in [1.82, 2.24) is 14.1 Å². The van der Waals surface area contributed by atoms with Crippen molar-refractivity contribution < 1.29 is 22.3 Å². The van der Waals surface area contributed by atoms with Crippen LogP contribution in [0.4, 0.5) is 9.18 Å². The largest absolute Gasteiger partial charge is 0.378 e. The van der Waals surface area contributed by atoms with E-state index in [0.29, 0.717) is 32.8 Å². The quantitative estimate of drug-likeness (QED) is 0.792. The second-order valence-corrected chi connectivity index (χ2v) is 8.69. The van der Waals surface area contributed by atoms with Gasteiger partial charge in [-0.25, -0.2) is 17.6 Å². The Kier molecular flexibility index (Phi) is 5.50. The summed E-state index contributed by atoms with van der Waals surface area (Å²) < 4.78 is 45.9. The predicted molar refractivity (Wildman–Crippen MR) is 93.4 cm³/mol. The fourth-order valence-electron chi connectivity index (χ4n) is 3.47. The van der Waals surface area contributed by atoms with E-state index in [-0.39, 0.29) is 23.4 Å². The van der Waals surface area contributed by atoms with E-state index >= 15 is 0 Å². The van der Waals surface area contributed by atoms with Crippen molar-refractivity contribution in [3.63, 3.8) is 0 Å². The average Bonchev–Trinajstić information content (AvgIpc) is 3.08. The molecule has 0 bridgehead atoms. The molecule has 1 aromatic carbocycles. The number of sulfonamides is 1. The maximum absolute atomic E-state index is 13.2. The van der Waals surface area contributed by atoms with Crippen LogP contribution in [-0.4, -0.2) is 74.1 Å². The molecule has 2 heterocycles. The Morgan fingerprint density at radius 3 is 2.31 bits per heavy atom. The summed E-state index contributed by atoms with van der Waals surface area (Å²) in [4.78, 5) is 16.3. The molecule has 1 atom stereocenters. The van der Waals surface area contributed by atoms with E-state index in [9.17, 15) is 17.6 Å². The fourth-order valence-corrected chi connectivity index (χ4v) is 5.18. The summed E-state index contributed by atoms with van der Waals surface area (Å²) in [5, 5.41) is 0. The molecule has 2 amide bonds. The first-order valence-corrected chi connectivity index (χ1v) is 10.2. The summed E-state index contributed by atoms with van der Waals surface area (Å²) in [6.45, 7) is 6.33. The van der Waals surface area contributed by atoms with Crippen LogP contribution in [0, 0.1) is 11.7 Å². The van der Waals surface area contributed by atoms with E-state index in [2.05, 4.69) is 0 Å². The summed E-state index contributed by atoms with van der Waals surface area (Å²) in [7, 11) is -3.82. The van der Waals surface area contributed by atoms with Crippen LogP contribution in [-0.2, 0) is 14.8 Å². The van der Waals surface area contributed by atoms with Crippen LogP contribution in [0.25, 0.3) is 0 Å². The van der Waals surface area contributed by atoms with Crippen molar-refractivity contribution in [2.75, 3.05) is 39.4 Å². The Hall–Kier alpha value is -1.71. The highest BCUT2D eigenvalue weighted by Gasteiger charge is 2.45. The fraction of sp³-hybridized carbons (Fsp3) is 0.588. The van der Waals surface area contributed by atoms with Gasteiger partial charge in [-0.1, -0.05) is 13.8 Å². The van der Waals surface area contributed by atoms with Gasteiger partial charge in [0.2, 0.25) is 10.0 Å². The van der Waals surface area contributed by atoms with Crippen LogP contribution >= 0.6 is 0 Å². The number of benzene rings is 1. The van der Waals surface area contributed by atoms with Gasteiger partial charge >= 0.3 is 6.03 Å². The number of morpholine rings is 1. The molecule has 2 aliphatic rings. The molecule has 2 fully saturated rings. The van der Waals surface area contributed by atoms with Gasteiger partial charge in [0.25, 0.3) is 0 Å². The molecule has 3 rings (SSSR count). The topological polar surface area (TPSA) is 70.2 Å². The number of nitrogens with zero attached hydrogens (tertiary/aromatic N) is 3. The number of halogens is 1. The van der Waals surface area contributed by atoms with Crippen molar-refractivity contribution in [3.8, 4) is 0 Å². The van der Waals surface area contributed by atoms with Crippen molar-refractivity contribution in [2.24, 2.45) is 5.92 Å². The molecule has 0 unspecified atom stereocenters. The number of carbonyl (C=O) groups excluding carboxylic acids is 1. The number of amides is 2. The maximum Gasteiger partial charge on any atom is 0.321 e. The third-order valence-electron chi connectivity index (χ3n) is 4.72. The SMILES string of the molecule is CC(C)[C@H]1N(C(=O)N2CCOCC2)CCN1S(=O)(=O)c1ccc(F)cc1. The Morgan fingerprint density at radius 2 is 1.73 bits per heavy atom. The van der Waals surface area contributed by atoms with Gasteiger partial charge in [-0.2, -0.15) is 4.31 Å². The lowest BCUT2D eigenvalue weighted by Crippen LogP contribution is -2.53. The first-order chi connectivity index (χ1) is 12.3. The van der Waals surface area contributed by atoms with Gasteiger partial charge in [0.05, 0.1) is 18.1 Å². The molecule has 0 aliphatic carbocycles. The van der Waals surface area contributed by atoms with E-state index < -0.39 is 22.0 Å². The molecule has 144 valence electrons. The van der Waals surface area contributed by atoms with Crippen LogP contribution < -0.4 is 0 Å². The van der Waals surface area contributed by atoms with Gasteiger partial charge in [0.1, 0.15) is 12.0 Å². The van der Waals surface area contributed by atoms with E-state index in [1.54, 1.807) is 9.80 Å². The van der Waals surface area contributed by atoms with Gasteiger partial charge < -0.3 is 14.5 Å². The Morgan fingerprint density at radius 1 is 1.12 bits per heavy atom.